The number of ether oxygens (including phenoxy) is 2. The predicted octanol–water partition coefficient (Wildman–Crippen LogP) is 2.49. The number of benzene rings is 1. The van der Waals surface area contributed by atoms with Gasteiger partial charge in [-0.05, 0) is 38.8 Å². The van der Waals surface area contributed by atoms with Crippen LogP contribution in [0, 0.1) is 12.8 Å². The highest BCUT2D eigenvalue weighted by Crippen LogP contribution is 2.35. The maximum absolute atomic E-state index is 12.1. The highest BCUT2D eigenvalue weighted by molar-refractivity contribution is 6.38. The fraction of sp³-hybridized carbons (Fsp3) is 0.500. The average Bonchev–Trinajstić information content (AvgIpc) is 2.88. The van der Waals surface area contributed by atoms with Gasteiger partial charge in [0.15, 0.2) is 11.9 Å². The standard InChI is InChI=1S/C16H20N2O3/c1-3-20-16(19)14-13-5-4-10-21-15(13)18(17-14)12-8-6-11(2)7-9-12/h6-9,13,15H,3-5,10H2,1-2H3/t13-,15+/m0/s1. The Kier molecular flexibility index (Phi) is 3.92. The molecular weight excluding hydrogens is 268 g/mol. The van der Waals surface area contributed by atoms with Gasteiger partial charge >= 0.3 is 5.97 Å². The first-order valence-electron chi connectivity index (χ1n) is 7.44. The second-order valence-electron chi connectivity index (χ2n) is 5.40. The lowest BCUT2D eigenvalue weighted by Gasteiger charge is -2.31. The average molecular weight is 288 g/mol. The molecule has 1 fully saturated rings. The van der Waals surface area contributed by atoms with Gasteiger partial charge in [-0.1, -0.05) is 17.7 Å². The Morgan fingerprint density at radius 2 is 2.19 bits per heavy atom. The summed E-state index contributed by atoms with van der Waals surface area (Å²) in [6.45, 7) is 4.91. The fourth-order valence-corrected chi connectivity index (χ4v) is 2.83. The Morgan fingerprint density at radius 3 is 2.90 bits per heavy atom. The molecule has 0 N–H and O–H groups in total. The van der Waals surface area contributed by atoms with Crippen molar-refractivity contribution in [2.24, 2.45) is 11.0 Å². The molecule has 2 atom stereocenters. The van der Waals surface area contributed by atoms with Crippen molar-refractivity contribution in [1.29, 1.82) is 0 Å². The van der Waals surface area contributed by atoms with E-state index in [1.54, 1.807) is 6.92 Å². The van der Waals surface area contributed by atoms with E-state index in [4.69, 9.17) is 9.47 Å². The molecule has 2 aliphatic rings. The number of rotatable bonds is 3. The third kappa shape index (κ3) is 2.65. The number of anilines is 1. The largest absolute Gasteiger partial charge is 0.461 e. The summed E-state index contributed by atoms with van der Waals surface area (Å²) in [5.41, 5.74) is 2.62. The van der Waals surface area contributed by atoms with Gasteiger partial charge in [0.1, 0.15) is 0 Å². The topological polar surface area (TPSA) is 51.1 Å². The zero-order valence-corrected chi connectivity index (χ0v) is 12.4. The predicted molar refractivity (Wildman–Crippen MR) is 80.2 cm³/mol. The Hall–Kier alpha value is -1.88. The molecule has 1 aromatic carbocycles. The van der Waals surface area contributed by atoms with Crippen molar-refractivity contribution in [2.45, 2.75) is 32.9 Å². The van der Waals surface area contributed by atoms with E-state index in [1.807, 2.05) is 36.2 Å². The van der Waals surface area contributed by atoms with Crippen LogP contribution in [0.2, 0.25) is 0 Å². The maximum Gasteiger partial charge on any atom is 0.354 e. The van der Waals surface area contributed by atoms with Gasteiger partial charge in [-0.2, -0.15) is 5.10 Å². The quantitative estimate of drug-likeness (QED) is 0.802. The minimum Gasteiger partial charge on any atom is -0.461 e. The Balaban J connectivity index is 1.91. The molecule has 0 saturated carbocycles. The second-order valence-corrected chi connectivity index (χ2v) is 5.40. The van der Waals surface area contributed by atoms with Gasteiger partial charge in [0.05, 0.1) is 18.2 Å². The minimum atomic E-state index is -0.326. The second kappa shape index (κ2) is 5.85. The van der Waals surface area contributed by atoms with Crippen molar-refractivity contribution in [3.8, 4) is 0 Å². The molecular formula is C16H20N2O3. The first kappa shape index (κ1) is 14.1. The van der Waals surface area contributed by atoms with Gasteiger partial charge in [-0.15, -0.1) is 0 Å². The van der Waals surface area contributed by atoms with Crippen LogP contribution in [-0.2, 0) is 14.3 Å². The molecule has 5 heteroatoms. The Labute approximate surface area is 124 Å². The molecule has 1 saturated heterocycles. The summed E-state index contributed by atoms with van der Waals surface area (Å²) in [5.74, 6) is -0.327. The number of nitrogens with zero attached hydrogens (tertiary/aromatic N) is 2. The molecule has 0 radical (unpaired) electrons. The van der Waals surface area contributed by atoms with Crippen molar-refractivity contribution in [1.82, 2.24) is 0 Å². The van der Waals surface area contributed by atoms with Crippen molar-refractivity contribution in [2.75, 3.05) is 18.2 Å². The van der Waals surface area contributed by atoms with E-state index in [0.717, 1.165) is 18.5 Å². The van der Waals surface area contributed by atoms with E-state index in [-0.39, 0.29) is 18.1 Å². The van der Waals surface area contributed by atoms with Crippen molar-refractivity contribution in [3.63, 3.8) is 0 Å². The van der Waals surface area contributed by atoms with E-state index in [1.165, 1.54) is 5.56 Å². The zero-order chi connectivity index (χ0) is 14.8. The van der Waals surface area contributed by atoms with Gasteiger partial charge in [0.2, 0.25) is 0 Å². The van der Waals surface area contributed by atoms with Gasteiger partial charge in [0.25, 0.3) is 0 Å². The first-order valence-corrected chi connectivity index (χ1v) is 7.44. The summed E-state index contributed by atoms with van der Waals surface area (Å²) in [4.78, 5) is 12.1. The van der Waals surface area contributed by atoms with Crippen LogP contribution in [0.15, 0.2) is 29.4 Å². The molecule has 5 nitrogen and oxygen atoms in total. The molecule has 0 unspecified atom stereocenters. The van der Waals surface area contributed by atoms with Crippen LogP contribution < -0.4 is 5.01 Å². The smallest absolute Gasteiger partial charge is 0.354 e. The maximum atomic E-state index is 12.1. The SMILES string of the molecule is CCOC(=O)C1=NN(c2ccc(C)cc2)[C@@H]2OCCC[C@@H]12. The van der Waals surface area contributed by atoms with E-state index < -0.39 is 0 Å². The van der Waals surface area contributed by atoms with E-state index in [0.29, 0.717) is 18.9 Å². The molecule has 3 rings (SSSR count). The summed E-state index contributed by atoms with van der Waals surface area (Å²) in [5, 5.41) is 6.32. The first-order chi connectivity index (χ1) is 10.2. The van der Waals surface area contributed by atoms with Crippen molar-refractivity contribution in [3.05, 3.63) is 29.8 Å². The third-order valence-electron chi connectivity index (χ3n) is 3.88. The molecule has 0 spiro atoms. The summed E-state index contributed by atoms with van der Waals surface area (Å²) < 4.78 is 11.0. The van der Waals surface area contributed by atoms with Gasteiger partial charge in [-0.25, -0.2) is 9.80 Å². The highest BCUT2D eigenvalue weighted by Gasteiger charge is 2.44. The van der Waals surface area contributed by atoms with Crippen LogP contribution >= 0.6 is 0 Å². The zero-order valence-electron chi connectivity index (χ0n) is 12.4. The molecule has 21 heavy (non-hydrogen) atoms. The van der Waals surface area contributed by atoms with Crippen LogP contribution in [0.4, 0.5) is 5.69 Å². The van der Waals surface area contributed by atoms with E-state index >= 15 is 0 Å². The molecule has 0 bridgehead atoms. The number of hydrogen-bond donors (Lipinski definition) is 0. The van der Waals surface area contributed by atoms with Gasteiger partial charge < -0.3 is 9.47 Å². The van der Waals surface area contributed by atoms with Crippen LogP contribution in [0.1, 0.15) is 25.3 Å². The fourth-order valence-electron chi connectivity index (χ4n) is 2.83. The Bertz CT molecular complexity index is 553. The summed E-state index contributed by atoms with van der Waals surface area (Å²) in [7, 11) is 0. The van der Waals surface area contributed by atoms with Gasteiger partial charge in [-0.3, -0.25) is 0 Å². The number of esters is 1. The van der Waals surface area contributed by atoms with Crippen LogP contribution in [0.3, 0.4) is 0 Å². The number of aryl methyl sites for hydroxylation is 1. The Morgan fingerprint density at radius 1 is 1.43 bits per heavy atom. The number of hydrogen-bond acceptors (Lipinski definition) is 5. The number of carbonyl (C=O) groups is 1. The molecule has 2 aliphatic heterocycles. The van der Waals surface area contributed by atoms with Crippen LogP contribution in [-0.4, -0.2) is 31.1 Å². The molecule has 0 aliphatic carbocycles. The van der Waals surface area contributed by atoms with Crippen LogP contribution in [0.25, 0.3) is 0 Å². The van der Waals surface area contributed by atoms with Crippen LogP contribution in [0.5, 0.6) is 0 Å². The van der Waals surface area contributed by atoms with Crippen molar-refractivity contribution < 1.29 is 14.3 Å². The number of hydrazone groups is 1. The van der Waals surface area contributed by atoms with Gasteiger partial charge in [0, 0.05) is 6.61 Å². The molecule has 112 valence electrons. The van der Waals surface area contributed by atoms with E-state index in [2.05, 4.69) is 5.10 Å². The normalized spacial score (nSPS) is 24.5. The van der Waals surface area contributed by atoms with E-state index in [9.17, 15) is 4.79 Å². The molecule has 1 aromatic rings. The molecule has 0 aromatic heterocycles. The summed E-state index contributed by atoms with van der Waals surface area (Å²) in [6, 6.07) is 8.07. The lowest BCUT2D eigenvalue weighted by Crippen LogP contribution is -2.40. The summed E-state index contributed by atoms with van der Waals surface area (Å²) >= 11 is 0. The molecule has 2 heterocycles. The number of carbonyl (C=O) groups excluding carboxylic acids is 1. The lowest BCUT2D eigenvalue weighted by molar-refractivity contribution is -0.135. The summed E-state index contributed by atoms with van der Waals surface area (Å²) in [6.07, 6.45) is 1.66. The lowest BCUT2D eigenvalue weighted by atomic mass is 9.94. The minimum absolute atomic E-state index is 0.000830. The van der Waals surface area contributed by atoms with Crippen molar-refractivity contribution >= 4 is 17.4 Å². The monoisotopic (exact) mass is 288 g/mol. The highest BCUT2D eigenvalue weighted by atomic mass is 16.5. The third-order valence-corrected chi connectivity index (χ3v) is 3.88. The number of fused-ring (bicyclic) bond motifs is 1. The molecule has 0 amide bonds.